The molecule has 0 atom stereocenters. The molecule has 0 aliphatic carbocycles. The zero-order valence-electron chi connectivity index (χ0n) is 8.05. The minimum atomic E-state index is 1.02. The molecule has 0 aliphatic heterocycles. The van der Waals surface area contributed by atoms with Gasteiger partial charge in [-0.1, -0.05) is 24.3 Å². The summed E-state index contributed by atoms with van der Waals surface area (Å²) in [7, 11) is 0. The lowest BCUT2D eigenvalue weighted by molar-refractivity contribution is 0.568. The van der Waals surface area contributed by atoms with Gasteiger partial charge in [0.1, 0.15) is 0 Å². The summed E-state index contributed by atoms with van der Waals surface area (Å²) in [4.78, 5) is 4.40. The van der Waals surface area contributed by atoms with Gasteiger partial charge in [0.15, 0.2) is 0 Å². The second-order valence-electron chi connectivity index (χ2n) is 3.39. The number of para-hydroxylation sites is 1. The van der Waals surface area contributed by atoms with Crippen LogP contribution in [0.2, 0.25) is 0 Å². The van der Waals surface area contributed by atoms with E-state index in [1.165, 1.54) is 0 Å². The minimum absolute atomic E-state index is 1.02. The molecule has 72 valence electrons. The fourth-order valence-corrected chi connectivity index (χ4v) is 1.75. The number of fused-ring (bicyclic) bond motifs is 1. The van der Waals surface area contributed by atoms with E-state index >= 15 is 0 Å². The third-order valence-corrected chi connectivity index (χ3v) is 2.46. The number of benzene rings is 1. The van der Waals surface area contributed by atoms with Gasteiger partial charge in [-0.3, -0.25) is 4.98 Å². The first-order valence-corrected chi connectivity index (χ1v) is 4.81. The van der Waals surface area contributed by atoms with Crippen molar-refractivity contribution >= 4 is 10.9 Å². The molecule has 0 saturated heterocycles. The molecule has 0 saturated carbocycles. The lowest BCUT2D eigenvalue weighted by Gasteiger charge is -2.02. The molecule has 0 fully saturated rings. The molecule has 2 heteroatoms. The van der Waals surface area contributed by atoms with Crippen LogP contribution < -0.4 is 0 Å². The highest BCUT2D eigenvalue weighted by Gasteiger charge is 2.04. The second-order valence-corrected chi connectivity index (χ2v) is 3.39. The van der Waals surface area contributed by atoms with Crippen LogP contribution in [0.4, 0.5) is 0 Å². The predicted octanol–water partition coefficient (Wildman–Crippen LogP) is 3.49. The van der Waals surface area contributed by atoms with Crippen molar-refractivity contribution in [3.63, 3.8) is 0 Å². The molecule has 0 radical (unpaired) electrons. The maximum absolute atomic E-state index is 5.09. The van der Waals surface area contributed by atoms with Crippen LogP contribution in [0.25, 0.3) is 22.0 Å². The summed E-state index contributed by atoms with van der Waals surface area (Å²) in [6.07, 6.45) is 5.23. The van der Waals surface area contributed by atoms with Crippen LogP contribution in [-0.2, 0) is 0 Å². The van der Waals surface area contributed by atoms with Gasteiger partial charge < -0.3 is 4.42 Å². The molecule has 1 aromatic carbocycles. The van der Waals surface area contributed by atoms with E-state index in [1.807, 2.05) is 24.4 Å². The number of furan rings is 1. The number of pyridine rings is 1. The first kappa shape index (κ1) is 8.24. The molecule has 0 aliphatic rings. The summed E-state index contributed by atoms with van der Waals surface area (Å²) in [6.45, 7) is 0. The van der Waals surface area contributed by atoms with Gasteiger partial charge in [-0.15, -0.1) is 0 Å². The zero-order chi connectivity index (χ0) is 10.1. The first-order valence-electron chi connectivity index (χ1n) is 4.81. The van der Waals surface area contributed by atoms with Gasteiger partial charge >= 0.3 is 0 Å². The molecule has 0 unspecified atom stereocenters. The van der Waals surface area contributed by atoms with E-state index in [1.54, 1.807) is 12.5 Å². The van der Waals surface area contributed by atoms with E-state index in [9.17, 15) is 0 Å². The van der Waals surface area contributed by atoms with E-state index in [-0.39, 0.29) is 0 Å². The van der Waals surface area contributed by atoms with Gasteiger partial charge in [0.2, 0.25) is 0 Å². The number of hydrogen-bond acceptors (Lipinski definition) is 2. The van der Waals surface area contributed by atoms with Gasteiger partial charge in [0.05, 0.1) is 18.0 Å². The molecular formula is C13H9NO. The summed E-state index contributed by atoms with van der Waals surface area (Å²) < 4.78 is 5.09. The topological polar surface area (TPSA) is 26.0 Å². The van der Waals surface area contributed by atoms with Crippen molar-refractivity contribution in [3.8, 4) is 11.1 Å². The predicted molar refractivity (Wildman–Crippen MR) is 59.4 cm³/mol. The van der Waals surface area contributed by atoms with Crippen LogP contribution in [-0.4, -0.2) is 4.98 Å². The average Bonchev–Trinajstić information content (AvgIpc) is 2.82. The monoisotopic (exact) mass is 195 g/mol. The Hall–Kier alpha value is -2.09. The molecule has 2 aromatic heterocycles. The normalized spacial score (nSPS) is 10.7. The Morgan fingerprint density at radius 3 is 2.80 bits per heavy atom. The van der Waals surface area contributed by atoms with Crippen molar-refractivity contribution in [2.24, 2.45) is 0 Å². The molecule has 3 rings (SSSR count). The van der Waals surface area contributed by atoms with Crippen molar-refractivity contribution in [2.75, 3.05) is 0 Å². The van der Waals surface area contributed by atoms with E-state index in [0.717, 1.165) is 22.0 Å². The van der Waals surface area contributed by atoms with Crippen LogP contribution in [0.5, 0.6) is 0 Å². The van der Waals surface area contributed by atoms with Crippen molar-refractivity contribution < 1.29 is 4.42 Å². The fraction of sp³-hybridized carbons (Fsp3) is 0. The van der Waals surface area contributed by atoms with Crippen LogP contribution in [0, 0.1) is 0 Å². The van der Waals surface area contributed by atoms with Gasteiger partial charge in [-0.05, 0) is 12.1 Å². The Balaban J connectivity index is 2.36. The molecule has 15 heavy (non-hydrogen) atoms. The number of rotatable bonds is 1. The molecule has 0 N–H and O–H groups in total. The summed E-state index contributed by atoms with van der Waals surface area (Å²) in [5.41, 5.74) is 3.20. The molecule has 0 spiro atoms. The number of aromatic nitrogens is 1. The summed E-state index contributed by atoms with van der Waals surface area (Å²) in [6, 6.07) is 12.1. The molecule has 2 heterocycles. The Labute approximate surface area is 87.2 Å². The van der Waals surface area contributed by atoms with Crippen LogP contribution in [0.3, 0.4) is 0 Å². The highest BCUT2D eigenvalue weighted by molar-refractivity contribution is 5.93. The van der Waals surface area contributed by atoms with Crippen molar-refractivity contribution in [2.45, 2.75) is 0 Å². The summed E-state index contributed by atoms with van der Waals surface area (Å²) in [5, 5.41) is 1.15. The second kappa shape index (κ2) is 3.24. The molecule has 2 nitrogen and oxygen atoms in total. The van der Waals surface area contributed by atoms with Gasteiger partial charge in [-0.2, -0.15) is 0 Å². The smallest absolute Gasteiger partial charge is 0.0981 e. The largest absolute Gasteiger partial charge is 0.472 e. The Morgan fingerprint density at radius 2 is 1.93 bits per heavy atom. The van der Waals surface area contributed by atoms with E-state index in [0.29, 0.717) is 0 Å². The maximum Gasteiger partial charge on any atom is 0.0981 e. The van der Waals surface area contributed by atoms with Gasteiger partial charge in [0, 0.05) is 22.7 Å². The van der Waals surface area contributed by atoms with E-state index < -0.39 is 0 Å². The van der Waals surface area contributed by atoms with Gasteiger partial charge in [-0.25, -0.2) is 0 Å². The SMILES string of the molecule is c1cnc2c(-c3ccoc3)cccc2c1. The van der Waals surface area contributed by atoms with Crippen molar-refractivity contribution in [1.82, 2.24) is 4.98 Å². The lowest BCUT2D eigenvalue weighted by atomic mass is 10.1. The van der Waals surface area contributed by atoms with E-state index in [2.05, 4.69) is 23.2 Å². The maximum atomic E-state index is 5.09. The quantitative estimate of drug-likeness (QED) is 0.594. The highest BCUT2D eigenvalue weighted by Crippen LogP contribution is 2.26. The average molecular weight is 195 g/mol. The van der Waals surface area contributed by atoms with Crippen LogP contribution in [0.1, 0.15) is 0 Å². The zero-order valence-corrected chi connectivity index (χ0v) is 8.05. The minimum Gasteiger partial charge on any atom is -0.472 e. The number of nitrogens with zero attached hydrogens (tertiary/aromatic N) is 1. The molecule has 0 amide bonds. The Kier molecular flexibility index (Phi) is 1.78. The molecule has 0 bridgehead atoms. The van der Waals surface area contributed by atoms with Crippen molar-refractivity contribution in [3.05, 3.63) is 55.1 Å². The summed E-state index contributed by atoms with van der Waals surface area (Å²) in [5.74, 6) is 0. The van der Waals surface area contributed by atoms with Crippen LogP contribution in [0.15, 0.2) is 59.5 Å². The van der Waals surface area contributed by atoms with E-state index in [4.69, 9.17) is 4.42 Å². The standard InChI is InChI=1S/C13H9NO/c1-3-10-4-2-7-14-13(10)12(5-1)11-6-8-15-9-11/h1-9H. The highest BCUT2D eigenvalue weighted by atomic mass is 16.3. The Bertz CT molecular complexity index is 579. The number of hydrogen-bond donors (Lipinski definition) is 0. The molecule has 3 aromatic rings. The fourth-order valence-electron chi connectivity index (χ4n) is 1.75. The summed E-state index contributed by atoms with van der Waals surface area (Å²) >= 11 is 0. The van der Waals surface area contributed by atoms with Gasteiger partial charge in [0.25, 0.3) is 0 Å². The lowest BCUT2D eigenvalue weighted by Crippen LogP contribution is -1.81. The Morgan fingerprint density at radius 1 is 1.00 bits per heavy atom. The third-order valence-electron chi connectivity index (χ3n) is 2.46. The first-order chi connectivity index (χ1) is 7.45. The van der Waals surface area contributed by atoms with Crippen molar-refractivity contribution in [1.29, 1.82) is 0 Å². The van der Waals surface area contributed by atoms with Crippen LogP contribution >= 0.6 is 0 Å². The molecular weight excluding hydrogens is 186 g/mol. The third kappa shape index (κ3) is 1.31.